The molecule has 0 radical (unpaired) electrons. The van der Waals surface area contributed by atoms with Crippen molar-refractivity contribution in [3.8, 4) is 0 Å². The van der Waals surface area contributed by atoms with Crippen molar-refractivity contribution in [2.45, 2.75) is 65.5 Å². The van der Waals surface area contributed by atoms with Crippen molar-refractivity contribution in [1.29, 1.82) is 0 Å². The van der Waals surface area contributed by atoms with Gasteiger partial charge in [-0.05, 0) is 49.1 Å². The number of carbonyl (C=O) groups is 2. The average molecular weight is 442 g/mol. The third-order valence-electron chi connectivity index (χ3n) is 6.40. The Morgan fingerprint density at radius 3 is 2.62 bits per heavy atom. The number of hydrogen-bond donors (Lipinski definition) is 0. The highest BCUT2D eigenvalue weighted by Crippen LogP contribution is 2.33. The van der Waals surface area contributed by atoms with Crippen LogP contribution in [0.15, 0.2) is 42.6 Å². The van der Waals surface area contributed by atoms with Gasteiger partial charge in [-0.2, -0.15) is 0 Å². The van der Waals surface area contributed by atoms with E-state index in [2.05, 4.69) is 11.5 Å². The third-order valence-corrected chi connectivity index (χ3v) is 6.40. The molecule has 3 rings (SSSR count). The van der Waals surface area contributed by atoms with E-state index in [4.69, 9.17) is 0 Å². The predicted octanol–water partition coefficient (Wildman–Crippen LogP) is 5.01. The lowest BCUT2D eigenvalue weighted by molar-refractivity contribution is -0.144. The van der Waals surface area contributed by atoms with Gasteiger partial charge in [0, 0.05) is 37.4 Å². The second-order valence-corrected chi connectivity index (χ2v) is 8.68. The molecule has 0 saturated heterocycles. The second-order valence-electron chi connectivity index (χ2n) is 8.68. The quantitative estimate of drug-likeness (QED) is 0.520. The van der Waals surface area contributed by atoms with Crippen molar-refractivity contribution in [3.05, 3.63) is 59.7 Å². The Bertz CT molecular complexity index is 910. The van der Waals surface area contributed by atoms with Crippen LogP contribution in [0.2, 0.25) is 0 Å². The summed E-state index contributed by atoms with van der Waals surface area (Å²) in [5.74, 6) is -0.354. The molecule has 174 valence electrons. The number of fused-ring (bicyclic) bond motifs is 1. The van der Waals surface area contributed by atoms with Crippen LogP contribution in [0.4, 0.5) is 4.39 Å². The molecule has 1 aliphatic rings. The van der Waals surface area contributed by atoms with Gasteiger partial charge < -0.3 is 14.4 Å². The molecule has 2 unspecified atom stereocenters. The number of nitrogens with zero attached hydrogens (tertiary/aromatic N) is 3. The third kappa shape index (κ3) is 5.40. The minimum atomic E-state index is -0.359. The monoisotopic (exact) mass is 441 g/mol. The van der Waals surface area contributed by atoms with Gasteiger partial charge in [-0.3, -0.25) is 9.59 Å². The zero-order valence-corrected chi connectivity index (χ0v) is 19.6. The van der Waals surface area contributed by atoms with E-state index in [1.165, 1.54) is 12.1 Å². The summed E-state index contributed by atoms with van der Waals surface area (Å²) in [6, 6.07) is 10.1. The Kier molecular flexibility index (Phi) is 8.48. The van der Waals surface area contributed by atoms with Gasteiger partial charge in [0.15, 0.2) is 0 Å². The maximum Gasteiger partial charge on any atom is 0.243 e. The maximum atomic E-state index is 14.0. The minimum absolute atomic E-state index is 0.0353. The fourth-order valence-electron chi connectivity index (χ4n) is 4.68. The van der Waals surface area contributed by atoms with E-state index in [0.717, 1.165) is 43.4 Å². The van der Waals surface area contributed by atoms with Crippen LogP contribution in [0.25, 0.3) is 0 Å². The molecule has 0 N–H and O–H groups in total. The van der Waals surface area contributed by atoms with E-state index in [9.17, 15) is 14.0 Å². The highest BCUT2D eigenvalue weighted by molar-refractivity contribution is 5.86. The molecule has 2 amide bonds. The SMILES string of the molecule is CCCCC(CC)C(=O)N(CCC)CC(=O)N1CCn2cccc2C1c1cccc(F)c1. The number of aromatic nitrogens is 1. The molecular weight excluding hydrogens is 405 g/mol. The zero-order valence-electron chi connectivity index (χ0n) is 19.6. The first kappa shape index (κ1) is 24.0. The van der Waals surface area contributed by atoms with Crippen LogP contribution in [-0.2, 0) is 16.1 Å². The largest absolute Gasteiger partial charge is 0.348 e. The number of amides is 2. The summed E-state index contributed by atoms with van der Waals surface area (Å²) in [6.45, 7) is 8.07. The first-order valence-corrected chi connectivity index (χ1v) is 12.0. The maximum absolute atomic E-state index is 14.0. The highest BCUT2D eigenvalue weighted by Gasteiger charge is 2.34. The van der Waals surface area contributed by atoms with Crippen LogP contribution in [0, 0.1) is 11.7 Å². The number of benzene rings is 1. The average Bonchev–Trinajstić information content (AvgIpc) is 3.27. The number of unbranched alkanes of at least 4 members (excludes halogenated alkanes) is 1. The molecule has 0 saturated carbocycles. The summed E-state index contributed by atoms with van der Waals surface area (Å²) in [7, 11) is 0. The molecule has 0 fully saturated rings. The Labute approximate surface area is 191 Å². The first-order chi connectivity index (χ1) is 15.5. The molecule has 2 heterocycles. The summed E-state index contributed by atoms with van der Waals surface area (Å²) < 4.78 is 16.2. The van der Waals surface area contributed by atoms with Crippen molar-refractivity contribution in [1.82, 2.24) is 14.4 Å². The molecule has 1 aliphatic heterocycles. The lowest BCUT2D eigenvalue weighted by atomic mass is 9.97. The van der Waals surface area contributed by atoms with Crippen LogP contribution in [-0.4, -0.2) is 45.8 Å². The van der Waals surface area contributed by atoms with Gasteiger partial charge in [-0.15, -0.1) is 0 Å². The molecule has 0 spiro atoms. The number of rotatable bonds is 10. The van der Waals surface area contributed by atoms with Crippen molar-refractivity contribution >= 4 is 11.8 Å². The second kappa shape index (κ2) is 11.3. The normalized spacial score (nSPS) is 16.5. The smallest absolute Gasteiger partial charge is 0.243 e. The van der Waals surface area contributed by atoms with E-state index in [0.29, 0.717) is 19.6 Å². The lowest BCUT2D eigenvalue weighted by Gasteiger charge is -2.38. The van der Waals surface area contributed by atoms with Gasteiger partial charge in [-0.25, -0.2) is 4.39 Å². The minimum Gasteiger partial charge on any atom is -0.348 e. The van der Waals surface area contributed by atoms with Crippen LogP contribution in [0.3, 0.4) is 0 Å². The van der Waals surface area contributed by atoms with E-state index in [1.807, 2.05) is 43.1 Å². The van der Waals surface area contributed by atoms with Crippen LogP contribution >= 0.6 is 0 Å². The first-order valence-electron chi connectivity index (χ1n) is 12.0. The van der Waals surface area contributed by atoms with Gasteiger partial charge in [0.2, 0.25) is 11.8 Å². The van der Waals surface area contributed by atoms with Crippen molar-refractivity contribution in [2.75, 3.05) is 19.6 Å². The van der Waals surface area contributed by atoms with Gasteiger partial charge in [-0.1, -0.05) is 45.7 Å². The molecule has 2 atom stereocenters. The van der Waals surface area contributed by atoms with E-state index >= 15 is 0 Å². The standard InChI is InChI=1S/C26H36FN3O2/c1-4-7-10-20(6-3)26(32)29(14-5-2)19-24(31)30-17-16-28-15-9-13-23(28)25(30)21-11-8-12-22(27)18-21/h8-9,11-13,15,18,20,25H,4-7,10,14,16-17,19H2,1-3H3. The highest BCUT2D eigenvalue weighted by atomic mass is 19.1. The fraction of sp³-hybridized carbons (Fsp3) is 0.538. The van der Waals surface area contributed by atoms with Crippen LogP contribution in [0.1, 0.15) is 70.2 Å². The Morgan fingerprint density at radius 1 is 1.12 bits per heavy atom. The van der Waals surface area contributed by atoms with E-state index < -0.39 is 0 Å². The Hall–Kier alpha value is -2.63. The Morgan fingerprint density at radius 2 is 1.94 bits per heavy atom. The van der Waals surface area contributed by atoms with E-state index in [-0.39, 0.29) is 36.1 Å². The molecule has 2 aromatic rings. The van der Waals surface area contributed by atoms with Crippen LogP contribution < -0.4 is 0 Å². The summed E-state index contributed by atoms with van der Waals surface area (Å²) in [6.07, 6.45) is 6.53. The molecule has 1 aromatic carbocycles. The fourth-order valence-corrected chi connectivity index (χ4v) is 4.68. The van der Waals surface area contributed by atoms with Gasteiger partial charge in [0.25, 0.3) is 0 Å². The Balaban J connectivity index is 1.84. The summed E-state index contributed by atoms with van der Waals surface area (Å²) in [5.41, 5.74) is 1.72. The topological polar surface area (TPSA) is 45.6 Å². The molecule has 6 heteroatoms. The van der Waals surface area contributed by atoms with Gasteiger partial charge in [0.1, 0.15) is 5.82 Å². The lowest BCUT2D eigenvalue weighted by Crippen LogP contribution is -2.49. The zero-order chi connectivity index (χ0) is 23.1. The van der Waals surface area contributed by atoms with Gasteiger partial charge >= 0.3 is 0 Å². The number of halogens is 1. The molecule has 5 nitrogen and oxygen atoms in total. The number of hydrogen-bond acceptors (Lipinski definition) is 2. The molecule has 0 aliphatic carbocycles. The van der Waals surface area contributed by atoms with Gasteiger partial charge in [0.05, 0.1) is 12.6 Å². The molecule has 0 bridgehead atoms. The summed E-state index contributed by atoms with van der Waals surface area (Å²) >= 11 is 0. The van der Waals surface area contributed by atoms with Crippen molar-refractivity contribution < 1.29 is 14.0 Å². The molecule has 32 heavy (non-hydrogen) atoms. The molecular formula is C26H36FN3O2. The van der Waals surface area contributed by atoms with Crippen molar-refractivity contribution in [2.24, 2.45) is 5.92 Å². The molecule has 1 aromatic heterocycles. The number of carbonyl (C=O) groups excluding carboxylic acids is 2. The van der Waals surface area contributed by atoms with E-state index in [1.54, 1.807) is 11.0 Å². The van der Waals surface area contributed by atoms with Crippen molar-refractivity contribution in [3.63, 3.8) is 0 Å². The predicted molar refractivity (Wildman–Crippen MR) is 125 cm³/mol. The van der Waals surface area contributed by atoms with Crippen LogP contribution in [0.5, 0.6) is 0 Å². The summed E-state index contributed by atoms with van der Waals surface area (Å²) in [5, 5.41) is 0. The summed E-state index contributed by atoms with van der Waals surface area (Å²) in [4.78, 5) is 30.3.